The first-order valence-corrected chi connectivity index (χ1v) is 8.85. The molecule has 0 saturated carbocycles. The minimum atomic E-state index is -3.56. The molecule has 116 valence electrons. The maximum Gasteiger partial charge on any atom is 0.251 e. The number of hydrogen-bond acceptors (Lipinski definition) is 3. The van der Waals surface area contributed by atoms with E-state index in [1.54, 1.807) is 36.4 Å². The predicted octanol–water partition coefficient (Wildman–Crippen LogP) is 2.16. The van der Waals surface area contributed by atoms with Gasteiger partial charge in [-0.1, -0.05) is 34.1 Å². The fraction of sp³-hybridized carbons (Fsp3) is 0.133. The second-order valence-electron chi connectivity index (χ2n) is 4.47. The summed E-state index contributed by atoms with van der Waals surface area (Å²) < 4.78 is 27.3. The van der Waals surface area contributed by atoms with Gasteiger partial charge in [-0.3, -0.25) is 4.79 Å². The molecular formula is C15H15BrN2O3S. The normalized spacial score (nSPS) is 11.1. The van der Waals surface area contributed by atoms with Crippen molar-refractivity contribution in [1.82, 2.24) is 10.0 Å². The molecule has 0 aliphatic rings. The van der Waals surface area contributed by atoms with Crippen molar-refractivity contribution < 1.29 is 13.2 Å². The van der Waals surface area contributed by atoms with Crippen molar-refractivity contribution >= 4 is 31.9 Å². The number of amides is 1. The van der Waals surface area contributed by atoms with E-state index in [4.69, 9.17) is 0 Å². The standard InChI is InChI=1S/C15H15BrN2O3S/c16-13-6-8-14(9-7-13)22(20,21)18-11-10-17-15(19)12-4-2-1-3-5-12/h1-9,18H,10-11H2,(H,17,19). The van der Waals surface area contributed by atoms with Crippen LogP contribution < -0.4 is 10.0 Å². The summed E-state index contributed by atoms with van der Waals surface area (Å²) in [7, 11) is -3.56. The fourth-order valence-corrected chi connectivity index (χ4v) is 3.05. The van der Waals surface area contributed by atoms with Crippen molar-refractivity contribution in [1.29, 1.82) is 0 Å². The summed E-state index contributed by atoms with van der Waals surface area (Å²) in [6.07, 6.45) is 0. The van der Waals surface area contributed by atoms with E-state index in [-0.39, 0.29) is 23.9 Å². The number of carbonyl (C=O) groups excluding carboxylic acids is 1. The van der Waals surface area contributed by atoms with Gasteiger partial charge >= 0.3 is 0 Å². The summed E-state index contributed by atoms with van der Waals surface area (Å²) in [5, 5.41) is 2.66. The third-order valence-electron chi connectivity index (χ3n) is 2.86. The molecule has 0 aliphatic heterocycles. The lowest BCUT2D eigenvalue weighted by Crippen LogP contribution is -2.34. The molecule has 1 amide bonds. The third kappa shape index (κ3) is 4.66. The maximum atomic E-state index is 12.0. The van der Waals surface area contributed by atoms with E-state index in [1.165, 1.54) is 12.1 Å². The molecule has 2 rings (SSSR count). The van der Waals surface area contributed by atoms with Gasteiger partial charge in [0, 0.05) is 23.1 Å². The maximum absolute atomic E-state index is 12.0. The Kier molecular flexibility index (Phi) is 5.70. The molecule has 0 fully saturated rings. The molecule has 0 unspecified atom stereocenters. The van der Waals surface area contributed by atoms with Gasteiger partial charge in [0.15, 0.2) is 0 Å². The zero-order valence-corrected chi connectivity index (χ0v) is 14.0. The molecule has 0 saturated heterocycles. The number of carbonyl (C=O) groups is 1. The Balaban J connectivity index is 1.83. The summed E-state index contributed by atoms with van der Waals surface area (Å²) in [5.74, 6) is -0.233. The average Bonchev–Trinajstić information content (AvgIpc) is 2.52. The zero-order valence-electron chi connectivity index (χ0n) is 11.6. The van der Waals surface area contributed by atoms with Crippen LogP contribution in [0, 0.1) is 0 Å². The minimum absolute atomic E-state index is 0.122. The predicted molar refractivity (Wildman–Crippen MR) is 88.1 cm³/mol. The quantitative estimate of drug-likeness (QED) is 0.751. The molecule has 0 heterocycles. The Morgan fingerprint density at radius 1 is 0.955 bits per heavy atom. The van der Waals surface area contributed by atoms with Gasteiger partial charge in [0.25, 0.3) is 5.91 Å². The lowest BCUT2D eigenvalue weighted by molar-refractivity contribution is 0.0954. The van der Waals surface area contributed by atoms with Crippen molar-refractivity contribution in [3.05, 3.63) is 64.6 Å². The second-order valence-corrected chi connectivity index (χ2v) is 7.16. The molecule has 0 spiro atoms. The molecule has 0 aliphatic carbocycles. The van der Waals surface area contributed by atoms with E-state index in [2.05, 4.69) is 26.0 Å². The third-order valence-corrected chi connectivity index (χ3v) is 4.87. The largest absolute Gasteiger partial charge is 0.351 e. The van der Waals surface area contributed by atoms with Crippen molar-refractivity contribution in [3.8, 4) is 0 Å². The molecule has 7 heteroatoms. The summed E-state index contributed by atoms with van der Waals surface area (Å²) in [5.41, 5.74) is 0.540. The molecule has 22 heavy (non-hydrogen) atoms. The molecule has 5 nitrogen and oxygen atoms in total. The van der Waals surface area contributed by atoms with E-state index in [0.29, 0.717) is 5.56 Å². The van der Waals surface area contributed by atoms with Gasteiger partial charge in [0.1, 0.15) is 0 Å². The van der Waals surface area contributed by atoms with Crippen LogP contribution in [0.1, 0.15) is 10.4 Å². The first kappa shape index (κ1) is 16.7. The van der Waals surface area contributed by atoms with Crippen LogP contribution in [0.15, 0.2) is 64.0 Å². The van der Waals surface area contributed by atoms with Gasteiger partial charge in [-0.25, -0.2) is 13.1 Å². The first-order chi connectivity index (χ1) is 10.5. The van der Waals surface area contributed by atoms with Crippen molar-refractivity contribution in [2.45, 2.75) is 4.90 Å². The number of rotatable bonds is 6. The SMILES string of the molecule is O=C(NCCNS(=O)(=O)c1ccc(Br)cc1)c1ccccc1. The van der Waals surface area contributed by atoms with Crippen LogP contribution in [0.3, 0.4) is 0 Å². The molecule has 2 aromatic carbocycles. The van der Waals surface area contributed by atoms with Crippen LogP contribution in [0.5, 0.6) is 0 Å². The summed E-state index contributed by atoms with van der Waals surface area (Å²) >= 11 is 3.25. The Morgan fingerprint density at radius 2 is 1.59 bits per heavy atom. The van der Waals surface area contributed by atoms with Gasteiger partial charge < -0.3 is 5.32 Å². The number of benzene rings is 2. The lowest BCUT2D eigenvalue weighted by atomic mass is 10.2. The first-order valence-electron chi connectivity index (χ1n) is 6.57. The summed E-state index contributed by atoms with van der Waals surface area (Å²) in [4.78, 5) is 12.0. The Labute approximate surface area is 137 Å². The molecule has 2 N–H and O–H groups in total. The van der Waals surface area contributed by atoms with E-state index >= 15 is 0 Å². The molecule has 0 atom stereocenters. The second kappa shape index (κ2) is 7.53. The monoisotopic (exact) mass is 382 g/mol. The zero-order chi connectivity index (χ0) is 16.0. The van der Waals surface area contributed by atoms with Gasteiger partial charge in [-0.05, 0) is 36.4 Å². The smallest absolute Gasteiger partial charge is 0.251 e. The molecule has 0 bridgehead atoms. The highest BCUT2D eigenvalue weighted by Crippen LogP contribution is 2.14. The molecule has 0 radical (unpaired) electrons. The van der Waals surface area contributed by atoms with Crippen LogP contribution in [0.2, 0.25) is 0 Å². The van der Waals surface area contributed by atoms with Crippen molar-refractivity contribution in [2.75, 3.05) is 13.1 Å². The van der Waals surface area contributed by atoms with Crippen LogP contribution in [0.4, 0.5) is 0 Å². The van der Waals surface area contributed by atoms with E-state index in [9.17, 15) is 13.2 Å². The van der Waals surface area contributed by atoms with Gasteiger partial charge in [-0.15, -0.1) is 0 Å². The Hall–Kier alpha value is -1.70. The fourth-order valence-electron chi connectivity index (χ4n) is 1.75. The highest BCUT2D eigenvalue weighted by molar-refractivity contribution is 9.10. The van der Waals surface area contributed by atoms with Gasteiger partial charge in [-0.2, -0.15) is 0 Å². The lowest BCUT2D eigenvalue weighted by Gasteiger charge is -2.08. The van der Waals surface area contributed by atoms with Crippen molar-refractivity contribution in [2.24, 2.45) is 0 Å². The number of halogens is 1. The number of nitrogens with one attached hydrogen (secondary N) is 2. The van der Waals surface area contributed by atoms with Crippen LogP contribution in [0.25, 0.3) is 0 Å². The molecular weight excluding hydrogens is 368 g/mol. The van der Waals surface area contributed by atoms with Crippen LogP contribution in [-0.2, 0) is 10.0 Å². The van der Waals surface area contributed by atoms with Crippen LogP contribution >= 0.6 is 15.9 Å². The number of hydrogen-bond donors (Lipinski definition) is 2. The Bertz CT molecular complexity index is 731. The van der Waals surface area contributed by atoms with E-state index < -0.39 is 10.0 Å². The summed E-state index contributed by atoms with van der Waals surface area (Å²) in [6, 6.07) is 15.1. The summed E-state index contributed by atoms with van der Waals surface area (Å²) in [6.45, 7) is 0.334. The van der Waals surface area contributed by atoms with E-state index in [0.717, 1.165) is 4.47 Å². The van der Waals surface area contributed by atoms with Gasteiger partial charge in [0.05, 0.1) is 4.90 Å². The molecule has 2 aromatic rings. The topological polar surface area (TPSA) is 75.3 Å². The van der Waals surface area contributed by atoms with Crippen LogP contribution in [-0.4, -0.2) is 27.4 Å². The number of sulfonamides is 1. The van der Waals surface area contributed by atoms with Gasteiger partial charge in [0.2, 0.25) is 10.0 Å². The highest BCUT2D eigenvalue weighted by atomic mass is 79.9. The molecule has 0 aromatic heterocycles. The average molecular weight is 383 g/mol. The van der Waals surface area contributed by atoms with E-state index in [1.807, 2.05) is 6.07 Å². The Morgan fingerprint density at radius 3 is 2.23 bits per heavy atom. The minimum Gasteiger partial charge on any atom is -0.351 e. The highest BCUT2D eigenvalue weighted by Gasteiger charge is 2.13. The van der Waals surface area contributed by atoms with Crippen molar-refractivity contribution in [3.63, 3.8) is 0 Å².